The van der Waals surface area contributed by atoms with Gasteiger partial charge in [0.2, 0.25) is 5.91 Å². The molecule has 2 saturated heterocycles. The fourth-order valence-corrected chi connectivity index (χ4v) is 5.64. The highest BCUT2D eigenvalue weighted by molar-refractivity contribution is 6.32. The van der Waals surface area contributed by atoms with Crippen molar-refractivity contribution in [1.82, 2.24) is 15.6 Å². The van der Waals surface area contributed by atoms with Crippen molar-refractivity contribution in [2.24, 2.45) is 0 Å². The van der Waals surface area contributed by atoms with Gasteiger partial charge in [0.25, 0.3) is 0 Å². The lowest BCUT2D eigenvalue weighted by atomic mass is 10.0. The maximum Gasteiger partial charge on any atom is 0.244 e. The number of nitriles is 1. The van der Waals surface area contributed by atoms with Crippen LogP contribution in [0.4, 0.5) is 11.4 Å². The van der Waals surface area contributed by atoms with Crippen LogP contribution in [0.25, 0.3) is 10.9 Å². The number of anilines is 2. The number of pyridine rings is 1. The zero-order chi connectivity index (χ0) is 31.0. The molecule has 0 spiro atoms. The summed E-state index contributed by atoms with van der Waals surface area (Å²) in [6.45, 7) is 3.54. The van der Waals surface area contributed by atoms with Gasteiger partial charge in [0.05, 0.1) is 35.0 Å². The summed E-state index contributed by atoms with van der Waals surface area (Å²) in [6.07, 6.45) is 5.66. The first-order valence-corrected chi connectivity index (χ1v) is 15.4. The van der Waals surface area contributed by atoms with Crippen LogP contribution in [0.1, 0.15) is 36.0 Å². The second-order valence-electron chi connectivity index (χ2n) is 11.1. The van der Waals surface area contributed by atoms with Crippen LogP contribution < -0.4 is 25.4 Å². The lowest BCUT2D eigenvalue weighted by Gasteiger charge is -2.19. The molecule has 2 aliphatic rings. The van der Waals surface area contributed by atoms with Gasteiger partial charge in [-0.3, -0.25) is 9.78 Å². The van der Waals surface area contributed by atoms with Crippen LogP contribution in [0.2, 0.25) is 5.02 Å². The Morgan fingerprint density at radius 2 is 1.98 bits per heavy atom. The van der Waals surface area contributed by atoms with Crippen LogP contribution >= 0.6 is 11.6 Å². The first kappa shape index (κ1) is 30.4. The van der Waals surface area contributed by atoms with Gasteiger partial charge >= 0.3 is 0 Å². The molecule has 6 rings (SSSR count). The Hall–Kier alpha value is -4.62. The van der Waals surface area contributed by atoms with E-state index in [1.165, 1.54) is 0 Å². The number of benzene rings is 3. The molecule has 3 N–H and O–H groups in total. The van der Waals surface area contributed by atoms with E-state index in [9.17, 15) is 10.1 Å². The number of piperidine rings is 1. The lowest BCUT2D eigenvalue weighted by Crippen LogP contribution is -2.26. The van der Waals surface area contributed by atoms with E-state index < -0.39 is 0 Å². The van der Waals surface area contributed by atoms with Crippen molar-refractivity contribution in [3.8, 4) is 17.6 Å². The van der Waals surface area contributed by atoms with Gasteiger partial charge in [-0.15, -0.1) is 0 Å². The van der Waals surface area contributed by atoms with Gasteiger partial charge in [-0.25, -0.2) is 0 Å². The third-order valence-electron chi connectivity index (χ3n) is 7.82. The highest BCUT2D eigenvalue weighted by atomic mass is 35.5. The van der Waals surface area contributed by atoms with E-state index in [0.717, 1.165) is 49.1 Å². The minimum Gasteiger partial charge on any atom is -0.487 e. The van der Waals surface area contributed by atoms with E-state index in [1.807, 2.05) is 48.5 Å². The molecule has 9 nitrogen and oxygen atoms in total. The Morgan fingerprint density at radius 1 is 1.13 bits per heavy atom. The molecule has 2 fully saturated rings. The molecule has 1 aromatic heterocycles. The third kappa shape index (κ3) is 7.73. The fourth-order valence-electron chi connectivity index (χ4n) is 5.40. The normalized spacial score (nSPS) is 16.2. The molecular formula is C35H34ClN5O4. The van der Waals surface area contributed by atoms with Crippen molar-refractivity contribution in [1.29, 1.82) is 5.26 Å². The molecule has 1 unspecified atom stereocenters. The predicted octanol–water partition coefficient (Wildman–Crippen LogP) is 6.18. The minimum atomic E-state index is -0.145. The summed E-state index contributed by atoms with van der Waals surface area (Å²) in [6, 6.07) is 21.3. The summed E-state index contributed by atoms with van der Waals surface area (Å²) in [5.41, 5.74) is 5.22. The number of amides is 1. The monoisotopic (exact) mass is 623 g/mol. The number of hydrogen-bond acceptors (Lipinski definition) is 8. The summed E-state index contributed by atoms with van der Waals surface area (Å²) in [4.78, 5) is 17.4. The van der Waals surface area contributed by atoms with E-state index >= 15 is 0 Å². The molecule has 0 saturated carbocycles. The molecule has 45 heavy (non-hydrogen) atoms. The van der Waals surface area contributed by atoms with Crippen LogP contribution in [-0.4, -0.2) is 43.3 Å². The zero-order valence-electron chi connectivity index (χ0n) is 24.8. The standard InChI is InChI=1S/C35H34ClN5O4/c36-30-16-27(6-7-32(30)44-21-24-4-2-1-3-5-24)41-35-26(18-37)20-39-31-17-33(45-28-10-13-43-22-28)25(15-29(31)35)19-40-34(42)14-23-8-11-38-12-9-23/h1-7,14-17,20,28,38H,8-13,19,21-22H2,(H,39,41)(H,40,42). The molecule has 10 heteroatoms. The summed E-state index contributed by atoms with van der Waals surface area (Å²) in [7, 11) is 0. The number of carbonyl (C=O) groups is 1. The smallest absolute Gasteiger partial charge is 0.244 e. The summed E-state index contributed by atoms with van der Waals surface area (Å²) in [5, 5.41) is 20.9. The number of aromatic nitrogens is 1. The van der Waals surface area contributed by atoms with Gasteiger partial charge < -0.3 is 30.2 Å². The number of nitrogens with zero attached hydrogens (tertiary/aromatic N) is 2. The molecular weight excluding hydrogens is 590 g/mol. The van der Waals surface area contributed by atoms with E-state index in [0.29, 0.717) is 64.2 Å². The highest BCUT2D eigenvalue weighted by Crippen LogP contribution is 2.36. The van der Waals surface area contributed by atoms with Crippen LogP contribution in [0, 0.1) is 11.3 Å². The Morgan fingerprint density at radius 3 is 2.73 bits per heavy atom. The summed E-state index contributed by atoms with van der Waals surface area (Å²) < 4.78 is 17.8. The van der Waals surface area contributed by atoms with E-state index in [2.05, 4.69) is 27.0 Å². The Balaban J connectivity index is 1.28. The Bertz CT molecular complexity index is 1740. The molecule has 0 bridgehead atoms. The van der Waals surface area contributed by atoms with Crippen LogP contribution in [-0.2, 0) is 22.7 Å². The van der Waals surface area contributed by atoms with Crippen molar-refractivity contribution in [3.63, 3.8) is 0 Å². The summed E-state index contributed by atoms with van der Waals surface area (Å²) in [5.74, 6) is 1.04. The zero-order valence-corrected chi connectivity index (χ0v) is 25.5. The second kappa shape index (κ2) is 14.4. The van der Waals surface area contributed by atoms with Crippen molar-refractivity contribution < 1.29 is 19.0 Å². The first-order valence-electron chi connectivity index (χ1n) is 15.1. The van der Waals surface area contributed by atoms with E-state index in [4.69, 9.17) is 25.8 Å². The van der Waals surface area contributed by atoms with Crippen LogP contribution in [0.15, 0.2) is 78.5 Å². The van der Waals surface area contributed by atoms with Crippen molar-refractivity contribution in [2.75, 3.05) is 31.6 Å². The Labute approximate surface area is 267 Å². The van der Waals surface area contributed by atoms with Gasteiger partial charge in [-0.05, 0) is 55.8 Å². The number of halogens is 1. The predicted molar refractivity (Wildman–Crippen MR) is 174 cm³/mol. The SMILES string of the molecule is N#Cc1cnc2cc(OC3CCOC3)c(CNC(=O)C=C3CCNCC3)cc2c1Nc1ccc(OCc2ccccc2)c(Cl)c1. The first-order chi connectivity index (χ1) is 22.1. The van der Waals surface area contributed by atoms with E-state index in [-0.39, 0.29) is 18.6 Å². The van der Waals surface area contributed by atoms with Gasteiger partial charge in [-0.2, -0.15) is 5.26 Å². The minimum absolute atomic E-state index is 0.0884. The quantitative estimate of drug-likeness (QED) is 0.179. The second-order valence-corrected chi connectivity index (χ2v) is 11.5. The highest BCUT2D eigenvalue weighted by Gasteiger charge is 2.21. The maximum absolute atomic E-state index is 12.8. The number of rotatable bonds is 10. The van der Waals surface area contributed by atoms with E-state index in [1.54, 1.807) is 24.4 Å². The molecule has 3 heterocycles. The van der Waals surface area contributed by atoms with Crippen molar-refractivity contribution in [2.45, 2.75) is 38.5 Å². The molecule has 4 aromatic rings. The number of fused-ring (bicyclic) bond motifs is 1. The van der Waals surface area contributed by atoms with Crippen LogP contribution in [0.3, 0.4) is 0 Å². The molecule has 3 aromatic carbocycles. The number of carbonyl (C=O) groups excluding carboxylic acids is 1. The van der Waals surface area contributed by atoms with Gasteiger partial charge in [0.15, 0.2) is 0 Å². The van der Waals surface area contributed by atoms with Gasteiger partial charge in [-0.1, -0.05) is 47.5 Å². The molecule has 1 atom stereocenters. The van der Waals surface area contributed by atoms with Crippen LogP contribution in [0.5, 0.6) is 11.5 Å². The summed E-state index contributed by atoms with van der Waals surface area (Å²) >= 11 is 6.60. The molecule has 0 radical (unpaired) electrons. The van der Waals surface area contributed by atoms with Gasteiger partial charge in [0, 0.05) is 47.9 Å². The topological polar surface area (TPSA) is 118 Å². The molecule has 1 amide bonds. The largest absolute Gasteiger partial charge is 0.487 e. The number of nitrogens with one attached hydrogen (secondary N) is 3. The van der Waals surface area contributed by atoms with Gasteiger partial charge in [0.1, 0.15) is 30.3 Å². The average Bonchev–Trinajstić information content (AvgIpc) is 3.58. The number of hydrogen-bond donors (Lipinski definition) is 3. The molecule has 0 aliphatic carbocycles. The Kier molecular flexibility index (Phi) is 9.76. The van der Waals surface area contributed by atoms with Crippen molar-refractivity contribution >= 4 is 39.8 Å². The molecule has 2 aliphatic heterocycles. The molecule has 230 valence electrons. The fraction of sp³-hybridized carbons (Fsp3) is 0.286. The number of ether oxygens (including phenoxy) is 3. The maximum atomic E-state index is 12.8. The lowest BCUT2D eigenvalue weighted by molar-refractivity contribution is -0.116. The third-order valence-corrected chi connectivity index (χ3v) is 8.12. The van der Waals surface area contributed by atoms with Crippen molar-refractivity contribution in [3.05, 3.63) is 100 Å². The average molecular weight is 624 g/mol.